The minimum atomic E-state index is -0.212. The molecule has 1 atom stereocenters. The van der Waals surface area contributed by atoms with E-state index in [4.69, 9.17) is 0 Å². The number of rotatable bonds is 5. The number of carbonyl (C=O) groups excluding carboxylic acids is 1. The maximum absolute atomic E-state index is 13.2. The summed E-state index contributed by atoms with van der Waals surface area (Å²) in [5.74, 6) is 0.631. The molecule has 0 bridgehead atoms. The number of amides is 1. The van der Waals surface area contributed by atoms with Crippen molar-refractivity contribution in [1.82, 2.24) is 10.2 Å². The van der Waals surface area contributed by atoms with Crippen molar-refractivity contribution in [3.63, 3.8) is 0 Å². The molecule has 3 nitrogen and oxygen atoms in total. The Kier molecular flexibility index (Phi) is 5.74. The van der Waals surface area contributed by atoms with Crippen LogP contribution in [0.25, 0.3) is 0 Å². The molecule has 116 valence electrons. The molecule has 0 radical (unpaired) electrons. The molecule has 1 aromatic carbocycles. The van der Waals surface area contributed by atoms with Crippen LogP contribution in [0.3, 0.4) is 0 Å². The van der Waals surface area contributed by atoms with Crippen LogP contribution >= 0.6 is 0 Å². The van der Waals surface area contributed by atoms with Gasteiger partial charge in [-0.1, -0.05) is 13.0 Å². The van der Waals surface area contributed by atoms with Crippen molar-refractivity contribution >= 4 is 5.91 Å². The first-order valence-corrected chi connectivity index (χ1v) is 7.80. The van der Waals surface area contributed by atoms with E-state index in [2.05, 4.69) is 12.2 Å². The lowest BCUT2D eigenvalue weighted by atomic mass is 10.00. The van der Waals surface area contributed by atoms with Crippen molar-refractivity contribution in [2.45, 2.75) is 39.7 Å². The van der Waals surface area contributed by atoms with E-state index >= 15 is 0 Å². The number of nitrogens with one attached hydrogen (secondary N) is 1. The maximum atomic E-state index is 13.2. The minimum absolute atomic E-state index is 0.212. The van der Waals surface area contributed by atoms with Crippen LogP contribution in [0.2, 0.25) is 0 Å². The highest BCUT2D eigenvalue weighted by molar-refractivity contribution is 5.76. The Balaban J connectivity index is 1.71. The molecule has 1 heterocycles. The molecule has 1 N–H and O–H groups in total. The smallest absolute Gasteiger partial charge is 0.223 e. The quantitative estimate of drug-likeness (QED) is 0.846. The second-order valence-corrected chi connectivity index (χ2v) is 6.08. The Morgan fingerprint density at radius 3 is 3.05 bits per heavy atom. The van der Waals surface area contributed by atoms with E-state index in [1.165, 1.54) is 12.5 Å². The van der Waals surface area contributed by atoms with Crippen LogP contribution in [0.1, 0.15) is 37.3 Å². The second kappa shape index (κ2) is 7.55. The number of piperidine rings is 1. The number of likely N-dealkylation sites (tertiary alicyclic amines) is 1. The Hall–Kier alpha value is -1.42. The van der Waals surface area contributed by atoms with Crippen molar-refractivity contribution in [2.75, 3.05) is 19.6 Å². The molecule has 2 rings (SSSR count). The van der Waals surface area contributed by atoms with Gasteiger partial charge in [-0.15, -0.1) is 0 Å². The minimum Gasteiger partial charge on any atom is -0.342 e. The summed E-state index contributed by atoms with van der Waals surface area (Å²) in [6, 6.07) is 4.81. The molecule has 1 aliphatic rings. The van der Waals surface area contributed by atoms with Gasteiger partial charge in [0, 0.05) is 32.6 Å². The summed E-state index contributed by atoms with van der Waals surface area (Å²) >= 11 is 0. The largest absolute Gasteiger partial charge is 0.342 e. The third-order valence-corrected chi connectivity index (χ3v) is 4.15. The number of hydrogen-bond donors (Lipinski definition) is 1. The van der Waals surface area contributed by atoms with Crippen LogP contribution in [0.4, 0.5) is 4.39 Å². The van der Waals surface area contributed by atoms with Gasteiger partial charge in [-0.05, 0) is 48.9 Å². The average Bonchev–Trinajstić information content (AvgIpc) is 2.46. The fourth-order valence-corrected chi connectivity index (χ4v) is 2.82. The van der Waals surface area contributed by atoms with Gasteiger partial charge in [0.2, 0.25) is 5.91 Å². The topological polar surface area (TPSA) is 32.3 Å². The highest BCUT2D eigenvalue weighted by atomic mass is 19.1. The van der Waals surface area contributed by atoms with Gasteiger partial charge in [0.1, 0.15) is 5.82 Å². The van der Waals surface area contributed by atoms with Crippen LogP contribution in [0.15, 0.2) is 18.2 Å². The maximum Gasteiger partial charge on any atom is 0.223 e. The molecule has 0 saturated carbocycles. The highest BCUT2D eigenvalue weighted by Gasteiger charge is 2.20. The SMILES string of the molecule is Cc1ccc(F)cc1CNCCC(=O)N1CCC[C@H](C)C1. The third kappa shape index (κ3) is 4.81. The number of nitrogens with zero attached hydrogens (tertiary/aromatic N) is 1. The number of benzene rings is 1. The Morgan fingerprint density at radius 2 is 2.29 bits per heavy atom. The van der Waals surface area contributed by atoms with Crippen molar-refractivity contribution in [1.29, 1.82) is 0 Å². The Labute approximate surface area is 126 Å². The van der Waals surface area contributed by atoms with Gasteiger partial charge >= 0.3 is 0 Å². The summed E-state index contributed by atoms with van der Waals surface area (Å²) < 4.78 is 13.2. The summed E-state index contributed by atoms with van der Waals surface area (Å²) in [6.07, 6.45) is 2.85. The number of aryl methyl sites for hydroxylation is 1. The Bertz CT molecular complexity index is 490. The standard InChI is InChI=1S/C17H25FN2O/c1-13-4-3-9-20(12-13)17(21)7-8-19-11-15-10-16(18)6-5-14(15)2/h5-6,10,13,19H,3-4,7-9,11-12H2,1-2H3/t13-/m0/s1. The summed E-state index contributed by atoms with van der Waals surface area (Å²) in [6.45, 7) is 7.20. The molecular weight excluding hydrogens is 267 g/mol. The van der Waals surface area contributed by atoms with Crippen LogP contribution < -0.4 is 5.32 Å². The molecule has 0 aliphatic carbocycles. The first-order chi connectivity index (χ1) is 10.1. The summed E-state index contributed by atoms with van der Waals surface area (Å²) in [7, 11) is 0. The molecule has 4 heteroatoms. The lowest BCUT2D eigenvalue weighted by Gasteiger charge is -2.31. The molecule has 1 saturated heterocycles. The average molecular weight is 292 g/mol. The zero-order valence-corrected chi connectivity index (χ0v) is 13.0. The van der Waals surface area contributed by atoms with E-state index in [-0.39, 0.29) is 11.7 Å². The normalized spacial score (nSPS) is 18.8. The molecule has 1 fully saturated rings. The van der Waals surface area contributed by atoms with E-state index < -0.39 is 0 Å². The first-order valence-electron chi connectivity index (χ1n) is 7.80. The summed E-state index contributed by atoms with van der Waals surface area (Å²) in [4.78, 5) is 14.1. The zero-order valence-electron chi connectivity index (χ0n) is 13.0. The number of hydrogen-bond acceptors (Lipinski definition) is 2. The molecule has 0 unspecified atom stereocenters. The van der Waals surface area contributed by atoms with Crippen molar-refractivity contribution < 1.29 is 9.18 Å². The monoisotopic (exact) mass is 292 g/mol. The molecule has 1 aromatic rings. The predicted octanol–water partition coefficient (Wildman–Crippen LogP) is 2.87. The van der Waals surface area contributed by atoms with Crippen LogP contribution in [-0.2, 0) is 11.3 Å². The first kappa shape index (κ1) is 16.0. The fourth-order valence-electron chi connectivity index (χ4n) is 2.82. The molecule has 21 heavy (non-hydrogen) atoms. The lowest BCUT2D eigenvalue weighted by Crippen LogP contribution is -2.40. The van der Waals surface area contributed by atoms with Gasteiger partial charge in [-0.3, -0.25) is 4.79 Å². The van der Waals surface area contributed by atoms with Gasteiger partial charge in [-0.25, -0.2) is 4.39 Å². The van der Waals surface area contributed by atoms with Crippen molar-refractivity contribution in [2.24, 2.45) is 5.92 Å². The van der Waals surface area contributed by atoms with E-state index in [1.54, 1.807) is 12.1 Å². The van der Waals surface area contributed by atoms with Crippen molar-refractivity contribution in [3.05, 3.63) is 35.1 Å². The molecule has 1 amide bonds. The van der Waals surface area contributed by atoms with Crippen LogP contribution in [-0.4, -0.2) is 30.4 Å². The number of halogens is 1. The lowest BCUT2D eigenvalue weighted by molar-refractivity contribution is -0.132. The fraction of sp³-hybridized carbons (Fsp3) is 0.588. The molecule has 0 aromatic heterocycles. The van der Waals surface area contributed by atoms with E-state index in [9.17, 15) is 9.18 Å². The van der Waals surface area contributed by atoms with E-state index in [0.29, 0.717) is 25.4 Å². The van der Waals surface area contributed by atoms with Crippen LogP contribution in [0.5, 0.6) is 0 Å². The van der Waals surface area contributed by atoms with E-state index in [1.807, 2.05) is 11.8 Å². The second-order valence-electron chi connectivity index (χ2n) is 6.08. The summed E-state index contributed by atoms with van der Waals surface area (Å²) in [5, 5.41) is 3.24. The third-order valence-electron chi connectivity index (χ3n) is 4.15. The van der Waals surface area contributed by atoms with Crippen LogP contribution in [0, 0.1) is 18.7 Å². The number of carbonyl (C=O) groups is 1. The highest BCUT2D eigenvalue weighted by Crippen LogP contribution is 2.16. The zero-order chi connectivity index (χ0) is 15.2. The van der Waals surface area contributed by atoms with Gasteiger partial charge in [-0.2, -0.15) is 0 Å². The molecule has 1 aliphatic heterocycles. The predicted molar refractivity (Wildman–Crippen MR) is 82.4 cm³/mol. The van der Waals surface area contributed by atoms with Gasteiger partial charge in [0.15, 0.2) is 0 Å². The van der Waals surface area contributed by atoms with Gasteiger partial charge in [0.05, 0.1) is 0 Å². The molecular formula is C17H25FN2O. The van der Waals surface area contributed by atoms with E-state index in [0.717, 1.165) is 30.6 Å². The Morgan fingerprint density at radius 1 is 1.48 bits per heavy atom. The van der Waals surface area contributed by atoms with Gasteiger partial charge in [0.25, 0.3) is 0 Å². The molecule has 0 spiro atoms. The van der Waals surface area contributed by atoms with Crippen molar-refractivity contribution in [3.8, 4) is 0 Å². The van der Waals surface area contributed by atoms with Gasteiger partial charge < -0.3 is 10.2 Å². The summed E-state index contributed by atoms with van der Waals surface area (Å²) in [5.41, 5.74) is 2.02.